The van der Waals surface area contributed by atoms with Gasteiger partial charge in [-0.05, 0) is 6.92 Å². The van der Waals surface area contributed by atoms with Crippen LogP contribution in [0.15, 0.2) is 29.3 Å². The van der Waals surface area contributed by atoms with Crippen molar-refractivity contribution >= 4 is 5.84 Å². The van der Waals surface area contributed by atoms with Crippen LogP contribution in [0, 0.1) is 0 Å². The molecule has 2 aliphatic rings. The average molecular weight is 259 g/mol. The predicted molar refractivity (Wildman–Crippen MR) is 69.4 cm³/mol. The maximum Gasteiger partial charge on any atom is 0.0969 e. The standard InChI is InChI=1S/C9H12N2.2C2H6.V/c1-7-10-8-5-3-4-6-9(8)11(7)2;2*1-2;/h3-6,8-9H,1-2H3;2*1-2H3;. The van der Waals surface area contributed by atoms with E-state index in [0.717, 1.165) is 5.84 Å². The molecular formula is C13H24N2V. The number of nitrogens with zero attached hydrogens (tertiary/aromatic N) is 2. The zero-order valence-electron chi connectivity index (χ0n) is 11.3. The van der Waals surface area contributed by atoms with Gasteiger partial charge in [0.25, 0.3) is 0 Å². The quantitative estimate of drug-likeness (QED) is 0.652. The van der Waals surface area contributed by atoms with Gasteiger partial charge in [-0.1, -0.05) is 52.0 Å². The van der Waals surface area contributed by atoms with Gasteiger partial charge in [0, 0.05) is 25.6 Å². The van der Waals surface area contributed by atoms with Crippen LogP contribution >= 0.6 is 0 Å². The molecule has 2 rings (SSSR count). The molecule has 0 fully saturated rings. The molecule has 0 aromatic carbocycles. The molecule has 2 nitrogen and oxygen atoms in total. The average Bonchev–Trinajstić information content (AvgIpc) is 2.61. The molecule has 0 saturated carbocycles. The topological polar surface area (TPSA) is 15.6 Å². The molecule has 1 aliphatic heterocycles. The Labute approximate surface area is 112 Å². The number of hydrogen-bond donors (Lipinski definition) is 0. The Balaban J connectivity index is 0. The molecule has 0 aromatic heterocycles. The molecular weight excluding hydrogens is 235 g/mol. The van der Waals surface area contributed by atoms with Gasteiger partial charge in [0.1, 0.15) is 0 Å². The molecule has 0 amide bonds. The summed E-state index contributed by atoms with van der Waals surface area (Å²) in [6.07, 6.45) is 8.51. The third kappa shape index (κ3) is 4.19. The number of rotatable bonds is 0. The van der Waals surface area contributed by atoms with Crippen molar-refractivity contribution in [2.75, 3.05) is 7.05 Å². The van der Waals surface area contributed by atoms with Crippen LogP contribution in [0.4, 0.5) is 0 Å². The number of hydrogen-bond acceptors (Lipinski definition) is 2. The van der Waals surface area contributed by atoms with Crippen LogP contribution in [0.2, 0.25) is 0 Å². The fraction of sp³-hybridized carbons (Fsp3) is 0.615. The van der Waals surface area contributed by atoms with E-state index in [0.29, 0.717) is 12.1 Å². The first-order valence-electron chi connectivity index (χ1n) is 5.91. The summed E-state index contributed by atoms with van der Waals surface area (Å²) < 4.78 is 0. The van der Waals surface area contributed by atoms with Crippen LogP contribution in [-0.4, -0.2) is 29.9 Å². The molecule has 1 radical (unpaired) electrons. The van der Waals surface area contributed by atoms with Crippen molar-refractivity contribution in [3.8, 4) is 0 Å². The first-order chi connectivity index (χ1) is 7.29. The summed E-state index contributed by atoms with van der Waals surface area (Å²) in [4.78, 5) is 6.71. The summed E-state index contributed by atoms with van der Waals surface area (Å²) in [6, 6.07) is 0.838. The van der Waals surface area contributed by atoms with Crippen LogP contribution in [-0.2, 0) is 18.6 Å². The number of fused-ring (bicyclic) bond motifs is 1. The largest absolute Gasteiger partial charge is 0.355 e. The summed E-state index contributed by atoms with van der Waals surface area (Å²) in [6.45, 7) is 10.1. The number of aliphatic imine (C=N–C) groups is 1. The Kier molecular flexibility index (Phi) is 10.9. The molecule has 16 heavy (non-hydrogen) atoms. The second-order valence-corrected chi connectivity index (χ2v) is 3.04. The molecule has 1 heterocycles. The zero-order chi connectivity index (χ0) is 11.8. The van der Waals surface area contributed by atoms with E-state index in [-0.39, 0.29) is 18.6 Å². The van der Waals surface area contributed by atoms with Crippen LogP contribution in [0.3, 0.4) is 0 Å². The number of likely N-dealkylation sites (N-methyl/N-ethyl adjacent to an activating group) is 1. The minimum Gasteiger partial charge on any atom is -0.355 e. The van der Waals surface area contributed by atoms with E-state index >= 15 is 0 Å². The van der Waals surface area contributed by atoms with E-state index in [1.54, 1.807) is 0 Å². The number of allylic oxidation sites excluding steroid dienone is 2. The predicted octanol–water partition coefficient (Wildman–Crippen LogP) is 3.26. The van der Waals surface area contributed by atoms with Crippen molar-refractivity contribution < 1.29 is 18.6 Å². The van der Waals surface area contributed by atoms with Crippen LogP contribution in [0.25, 0.3) is 0 Å². The maximum atomic E-state index is 4.50. The Morgan fingerprint density at radius 3 is 2.06 bits per heavy atom. The SMILES string of the molecule is CC.CC.CC1=NC2C=CC=CC2N1C.[V]. The summed E-state index contributed by atoms with van der Waals surface area (Å²) in [7, 11) is 2.09. The van der Waals surface area contributed by atoms with Crippen LogP contribution < -0.4 is 0 Å². The maximum absolute atomic E-state index is 4.50. The van der Waals surface area contributed by atoms with Crippen molar-refractivity contribution in [3.63, 3.8) is 0 Å². The summed E-state index contributed by atoms with van der Waals surface area (Å²) in [5.74, 6) is 1.14. The molecule has 2 unspecified atom stereocenters. The van der Waals surface area contributed by atoms with Gasteiger partial charge in [-0.2, -0.15) is 0 Å². The Morgan fingerprint density at radius 1 is 1.06 bits per heavy atom. The van der Waals surface area contributed by atoms with Crippen molar-refractivity contribution in [1.82, 2.24) is 4.90 Å². The third-order valence-corrected chi connectivity index (χ3v) is 2.37. The van der Waals surface area contributed by atoms with E-state index in [1.807, 2.05) is 27.7 Å². The normalized spacial score (nSPS) is 24.1. The first kappa shape index (κ1) is 17.9. The van der Waals surface area contributed by atoms with Gasteiger partial charge in [0.15, 0.2) is 0 Å². The second kappa shape index (κ2) is 9.74. The van der Waals surface area contributed by atoms with Gasteiger partial charge < -0.3 is 4.90 Å². The van der Waals surface area contributed by atoms with E-state index < -0.39 is 0 Å². The summed E-state index contributed by atoms with van der Waals surface area (Å²) in [5.41, 5.74) is 0. The van der Waals surface area contributed by atoms with Gasteiger partial charge in [0.05, 0.1) is 17.9 Å². The van der Waals surface area contributed by atoms with Gasteiger partial charge in [-0.25, -0.2) is 0 Å². The van der Waals surface area contributed by atoms with Crippen molar-refractivity contribution in [2.45, 2.75) is 46.7 Å². The summed E-state index contributed by atoms with van der Waals surface area (Å²) in [5, 5.41) is 0. The molecule has 1 aliphatic carbocycles. The Hall–Kier alpha value is -0.466. The molecule has 2 atom stereocenters. The van der Waals surface area contributed by atoms with Crippen molar-refractivity contribution in [1.29, 1.82) is 0 Å². The zero-order valence-corrected chi connectivity index (χ0v) is 12.7. The first-order valence-corrected chi connectivity index (χ1v) is 5.91. The fourth-order valence-electron chi connectivity index (χ4n) is 1.58. The minimum absolute atomic E-state index is 0. The second-order valence-electron chi connectivity index (χ2n) is 3.04. The Morgan fingerprint density at radius 2 is 1.56 bits per heavy atom. The molecule has 0 bridgehead atoms. The van der Waals surface area contributed by atoms with Crippen LogP contribution in [0.5, 0.6) is 0 Å². The van der Waals surface area contributed by atoms with Gasteiger partial charge in [0.2, 0.25) is 0 Å². The van der Waals surface area contributed by atoms with E-state index in [9.17, 15) is 0 Å². The van der Waals surface area contributed by atoms with Gasteiger partial charge >= 0.3 is 0 Å². The molecule has 0 aromatic rings. The minimum atomic E-state index is 0. The molecule has 0 spiro atoms. The monoisotopic (exact) mass is 259 g/mol. The Bertz CT molecular complexity index is 257. The molecule has 0 N–H and O–H groups in total. The van der Waals surface area contributed by atoms with Gasteiger partial charge in [-0.15, -0.1) is 0 Å². The molecule has 0 saturated heterocycles. The fourth-order valence-corrected chi connectivity index (χ4v) is 1.58. The van der Waals surface area contributed by atoms with Gasteiger partial charge in [-0.3, -0.25) is 4.99 Å². The summed E-state index contributed by atoms with van der Waals surface area (Å²) >= 11 is 0. The van der Waals surface area contributed by atoms with Crippen molar-refractivity contribution in [2.24, 2.45) is 4.99 Å². The van der Waals surface area contributed by atoms with Crippen LogP contribution in [0.1, 0.15) is 34.6 Å². The number of amidine groups is 1. The van der Waals surface area contributed by atoms with E-state index in [2.05, 4.69) is 48.2 Å². The van der Waals surface area contributed by atoms with E-state index in [4.69, 9.17) is 0 Å². The third-order valence-electron chi connectivity index (χ3n) is 2.37. The molecule has 3 heteroatoms. The smallest absolute Gasteiger partial charge is 0.0969 e. The van der Waals surface area contributed by atoms with E-state index in [1.165, 1.54) is 0 Å². The molecule has 91 valence electrons. The van der Waals surface area contributed by atoms with Crippen molar-refractivity contribution in [3.05, 3.63) is 24.3 Å².